The second kappa shape index (κ2) is 4.88. The summed E-state index contributed by atoms with van der Waals surface area (Å²) in [4.78, 5) is 0. The summed E-state index contributed by atoms with van der Waals surface area (Å²) in [5.41, 5.74) is 7.69. The zero-order valence-corrected chi connectivity index (χ0v) is 11.2. The Morgan fingerprint density at radius 2 is 2.07 bits per heavy atom. The van der Waals surface area contributed by atoms with E-state index in [0.717, 1.165) is 22.3 Å². The van der Waals surface area contributed by atoms with Crippen LogP contribution in [0.1, 0.15) is 33.6 Å². The van der Waals surface area contributed by atoms with Crippen LogP contribution in [0.5, 0.6) is 0 Å². The highest BCUT2D eigenvalue weighted by Crippen LogP contribution is 2.28. The Morgan fingerprint density at radius 1 is 1.40 bits per heavy atom. The lowest BCUT2D eigenvalue weighted by Gasteiger charge is -2.27. The van der Waals surface area contributed by atoms with Gasteiger partial charge in [0.25, 0.3) is 0 Å². The maximum atomic E-state index is 5.69. The number of hydrogen-bond donors (Lipinski definition) is 2. The molecule has 0 saturated heterocycles. The first-order valence-electron chi connectivity index (χ1n) is 5.28. The molecule has 2 nitrogen and oxygen atoms in total. The third-order valence-corrected chi connectivity index (χ3v) is 3.00. The normalized spacial score (nSPS) is 11.5. The molecule has 1 aromatic rings. The highest BCUT2D eigenvalue weighted by Gasteiger charge is 2.16. The van der Waals surface area contributed by atoms with Crippen LogP contribution in [0.15, 0.2) is 22.7 Å². The SMILES string of the molecule is CCCC(C)(C)Nc1ccc(N)cc1Br. The zero-order valence-electron chi connectivity index (χ0n) is 9.60. The number of halogens is 1. The van der Waals surface area contributed by atoms with Gasteiger partial charge in [0, 0.05) is 21.4 Å². The molecule has 0 aliphatic rings. The van der Waals surface area contributed by atoms with Gasteiger partial charge in [0.2, 0.25) is 0 Å². The maximum absolute atomic E-state index is 5.69. The summed E-state index contributed by atoms with van der Waals surface area (Å²) in [6, 6.07) is 5.84. The number of benzene rings is 1. The Hall–Kier alpha value is -0.700. The Labute approximate surface area is 100 Å². The number of nitrogens with one attached hydrogen (secondary N) is 1. The van der Waals surface area contributed by atoms with Gasteiger partial charge >= 0.3 is 0 Å². The highest BCUT2D eigenvalue weighted by molar-refractivity contribution is 9.10. The minimum Gasteiger partial charge on any atom is -0.399 e. The van der Waals surface area contributed by atoms with E-state index in [9.17, 15) is 0 Å². The van der Waals surface area contributed by atoms with Gasteiger partial charge in [-0.05, 0) is 54.4 Å². The average molecular weight is 271 g/mol. The van der Waals surface area contributed by atoms with Gasteiger partial charge in [0.1, 0.15) is 0 Å². The molecule has 1 aromatic carbocycles. The van der Waals surface area contributed by atoms with Gasteiger partial charge in [0.15, 0.2) is 0 Å². The van der Waals surface area contributed by atoms with Crippen LogP contribution in [-0.4, -0.2) is 5.54 Å². The molecular formula is C12H19BrN2. The molecule has 1 rings (SSSR count). The number of hydrogen-bond acceptors (Lipinski definition) is 2. The topological polar surface area (TPSA) is 38.0 Å². The van der Waals surface area contributed by atoms with Crippen LogP contribution in [0, 0.1) is 0 Å². The molecule has 3 N–H and O–H groups in total. The Morgan fingerprint density at radius 3 is 2.60 bits per heavy atom. The van der Waals surface area contributed by atoms with E-state index in [1.54, 1.807) is 0 Å². The fraction of sp³-hybridized carbons (Fsp3) is 0.500. The number of rotatable bonds is 4. The van der Waals surface area contributed by atoms with Gasteiger partial charge in [-0.2, -0.15) is 0 Å². The minimum absolute atomic E-state index is 0.118. The predicted octanol–water partition coefficient (Wildman–Crippen LogP) is 4.02. The van der Waals surface area contributed by atoms with Crippen LogP contribution in [0.2, 0.25) is 0 Å². The second-order valence-electron chi connectivity index (χ2n) is 4.50. The first kappa shape index (κ1) is 12.4. The molecule has 0 aliphatic carbocycles. The van der Waals surface area contributed by atoms with Crippen molar-refractivity contribution in [2.24, 2.45) is 0 Å². The molecule has 0 aromatic heterocycles. The summed E-state index contributed by atoms with van der Waals surface area (Å²) in [6.45, 7) is 6.61. The molecule has 0 radical (unpaired) electrons. The van der Waals surface area contributed by atoms with Crippen molar-refractivity contribution in [3.63, 3.8) is 0 Å². The lowest BCUT2D eigenvalue weighted by Crippen LogP contribution is -2.30. The maximum Gasteiger partial charge on any atom is 0.0490 e. The molecular weight excluding hydrogens is 252 g/mol. The van der Waals surface area contributed by atoms with E-state index < -0.39 is 0 Å². The number of anilines is 2. The third-order valence-electron chi connectivity index (χ3n) is 2.34. The molecule has 0 atom stereocenters. The van der Waals surface area contributed by atoms with Crippen molar-refractivity contribution in [2.45, 2.75) is 39.2 Å². The first-order chi connectivity index (χ1) is 6.94. The van der Waals surface area contributed by atoms with E-state index in [4.69, 9.17) is 5.73 Å². The zero-order chi connectivity index (χ0) is 11.5. The van der Waals surface area contributed by atoms with Gasteiger partial charge in [-0.1, -0.05) is 13.3 Å². The van der Waals surface area contributed by atoms with Crippen LogP contribution < -0.4 is 11.1 Å². The molecule has 0 bridgehead atoms. The molecule has 0 unspecified atom stereocenters. The van der Waals surface area contributed by atoms with E-state index in [0.29, 0.717) is 0 Å². The Bertz CT molecular complexity index is 334. The summed E-state index contributed by atoms with van der Waals surface area (Å²) in [5, 5.41) is 3.51. The molecule has 3 heteroatoms. The highest BCUT2D eigenvalue weighted by atomic mass is 79.9. The monoisotopic (exact) mass is 270 g/mol. The number of nitrogen functional groups attached to an aromatic ring is 1. The van der Waals surface area contributed by atoms with E-state index in [2.05, 4.69) is 42.0 Å². The van der Waals surface area contributed by atoms with E-state index in [1.807, 2.05) is 18.2 Å². The van der Waals surface area contributed by atoms with Crippen molar-refractivity contribution >= 4 is 27.3 Å². The summed E-state index contributed by atoms with van der Waals surface area (Å²) in [5.74, 6) is 0. The van der Waals surface area contributed by atoms with Crippen molar-refractivity contribution in [3.8, 4) is 0 Å². The van der Waals surface area contributed by atoms with E-state index in [-0.39, 0.29) is 5.54 Å². The summed E-state index contributed by atoms with van der Waals surface area (Å²) in [7, 11) is 0. The fourth-order valence-corrected chi connectivity index (χ4v) is 2.18. The van der Waals surface area contributed by atoms with Crippen molar-refractivity contribution in [1.29, 1.82) is 0 Å². The Kier molecular flexibility index (Phi) is 4.03. The Balaban J connectivity index is 2.80. The predicted molar refractivity (Wildman–Crippen MR) is 71.2 cm³/mol. The van der Waals surface area contributed by atoms with Crippen molar-refractivity contribution < 1.29 is 0 Å². The number of nitrogens with two attached hydrogens (primary N) is 1. The molecule has 0 spiro atoms. The summed E-state index contributed by atoms with van der Waals surface area (Å²) >= 11 is 3.51. The standard InChI is InChI=1S/C12H19BrN2/c1-4-7-12(2,3)15-11-6-5-9(14)8-10(11)13/h5-6,8,15H,4,7,14H2,1-3H3. The molecule has 0 fully saturated rings. The van der Waals surface area contributed by atoms with Crippen molar-refractivity contribution in [3.05, 3.63) is 22.7 Å². The van der Waals surface area contributed by atoms with Gasteiger partial charge in [-0.25, -0.2) is 0 Å². The molecule has 15 heavy (non-hydrogen) atoms. The molecule has 0 aliphatic heterocycles. The van der Waals surface area contributed by atoms with Gasteiger partial charge in [-0.3, -0.25) is 0 Å². The summed E-state index contributed by atoms with van der Waals surface area (Å²) < 4.78 is 1.02. The van der Waals surface area contributed by atoms with Crippen LogP contribution in [0.4, 0.5) is 11.4 Å². The first-order valence-corrected chi connectivity index (χ1v) is 6.07. The van der Waals surface area contributed by atoms with Gasteiger partial charge in [0.05, 0.1) is 0 Å². The molecule has 84 valence electrons. The molecule has 0 saturated carbocycles. The summed E-state index contributed by atoms with van der Waals surface area (Å²) in [6.07, 6.45) is 2.32. The average Bonchev–Trinajstić information content (AvgIpc) is 2.09. The van der Waals surface area contributed by atoms with E-state index >= 15 is 0 Å². The van der Waals surface area contributed by atoms with Crippen molar-refractivity contribution in [2.75, 3.05) is 11.1 Å². The van der Waals surface area contributed by atoms with Gasteiger partial charge < -0.3 is 11.1 Å². The third kappa shape index (κ3) is 3.74. The van der Waals surface area contributed by atoms with E-state index in [1.165, 1.54) is 6.42 Å². The molecule has 0 heterocycles. The quantitative estimate of drug-likeness (QED) is 0.811. The van der Waals surface area contributed by atoms with Crippen LogP contribution in [-0.2, 0) is 0 Å². The van der Waals surface area contributed by atoms with Crippen LogP contribution in [0.3, 0.4) is 0 Å². The fourth-order valence-electron chi connectivity index (χ4n) is 1.68. The van der Waals surface area contributed by atoms with Crippen LogP contribution >= 0.6 is 15.9 Å². The minimum atomic E-state index is 0.118. The smallest absolute Gasteiger partial charge is 0.0490 e. The molecule has 0 amide bonds. The largest absolute Gasteiger partial charge is 0.399 e. The lowest BCUT2D eigenvalue weighted by atomic mass is 9.98. The van der Waals surface area contributed by atoms with Crippen molar-refractivity contribution in [1.82, 2.24) is 0 Å². The van der Waals surface area contributed by atoms with Gasteiger partial charge in [-0.15, -0.1) is 0 Å². The van der Waals surface area contributed by atoms with Crippen LogP contribution in [0.25, 0.3) is 0 Å². The second-order valence-corrected chi connectivity index (χ2v) is 5.35. The lowest BCUT2D eigenvalue weighted by molar-refractivity contribution is 0.511.